The van der Waals surface area contributed by atoms with Crippen molar-refractivity contribution in [1.29, 1.82) is 0 Å². The Hall–Kier alpha value is -1.18. The zero-order valence-electron chi connectivity index (χ0n) is 9.54. The number of nitrogens with one attached hydrogen (secondary N) is 1. The Morgan fingerprint density at radius 1 is 1.53 bits per heavy atom. The van der Waals surface area contributed by atoms with Gasteiger partial charge in [0.1, 0.15) is 4.21 Å². The summed E-state index contributed by atoms with van der Waals surface area (Å²) in [6.45, 7) is 2.12. The highest BCUT2D eigenvalue weighted by Crippen LogP contribution is 2.16. The lowest BCUT2D eigenvalue weighted by Crippen LogP contribution is -2.22. The average Bonchev–Trinajstić information content (AvgIpc) is 2.85. The molecular weight excluding hydrogens is 258 g/mol. The molecule has 2 aromatic heterocycles. The summed E-state index contributed by atoms with van der Waals surface area (Å²) in [6, 6.07) is 3.30. The minimum atomic E-state index is -3.39. The van der Waals surface area contributed by atoms with Crippen molar-refractivity contribution in [3.05, 3.63) is 35.0 Å². The summed E-state index contributed by atoms with van der Waals surface area (Å²) >= 11 is 1.20. The van der Waals surface area contributed by atoms with Crippen LogP contribution in [0.5, 0.6) is 0 Å². The van der Waals surface area contributed by atoms with Gasteiger partial charge >= 0.3 is 0 Å². The third-order valence-corrected chi connectivity index (χ3v) is 5.13. The second kappa shape index (κ2) is 4.59. The quantitative estimate of drug-likeness (QED) is 0.910. The molecule has 2 aromatic rings. The molecule has 0 amide bonds. The van der Waals surface area contributed by atoms with E-state index in [0.717, 1.165) is 11.3 Å². The van der Waals surface area contributed by atoms with Crippen molar-refractivity contribution in [3.8, 4) is 0 Å². The van der Waals surface area contributed by atoms with Crippen molar-refractivity contribution in [2.24, 2.45) is 7.05 Å². The summed E-state index contributed by atoms with van der Waals surface area (Å²) in [4.78, 5) is 0. The number of nitrogens with zero attached hydrogens (tertiary/aromatic N) is 2. The molecule has 0 spiro atoms. The molecule has 0 aliphatic rings. The van der Waals surface area contributed by atoms with Crippen LogP contribution in [0.1, 0.15) is 11.3 Å². The predicted octanol–water partition coefficient (Wildman–Crippen LogP) is 1.27. The van der Waals surface area contributed by atoms with Crippen LogP contribution < -0.4 is 4.72 Å². The molecule has 1 N–H and O–H groups in total. The summed E-state index contributed by atoms with van der Waals surface area (Å²) in [5.74, 6) is 0. The topological polar surface area (TPSA) is 64.0 Å². The van der Waals surface area contributed by atoms with Crippen LogP contribution in [-0.2, 0) is 23.6 Å². The summed E-state index contributed by atoms with van der Waals surface area (Å²) in [5.41, 5.74) is 1.72. The lowest BCUT2D eigenvalue weighted by Gasteiger charge is -2.03. The number of hydrogen-bond acceptors (Lipinski definition) is 4. The predicted molar refractivity (Wildman–Crippen MR) is 66.3 cm³/mol. The molecule has 7 heteroatoms. The number of thiophene rings is 1. The molecule has 0 aromatic carbocycles. The zero-order valence-corrected chi connectivity index (χ0v) is 11.2. The summed E-state index contributed by atoms with van der Waals surface area (Å²) in [5, 5.41) is 5.90. The first-order valence-corrected chi connectivity index (χ1v) is 7.37. The fourth-order valence-corrected chi connectivity index (χ4v) is 3.53. The Bertz CT molecular complexity index is 600. The van der Waals surface area contributed by atoms with Gasteiger partial charge in [0, 0.05) is 25.4 Å². The van der Waals surface area contributed by atoms with E-state index in [0.29, 0.717) is 4.21 Å². The van der Waals surface area contributed by atoms with Crippen LogP contribution in [0.15, 0.2) is 27.9 Å². The maximum absolute atomic E-state index is 11.9. The molecule has 0 bridgehead atoms. The lowest BCUT2D eigenvalue weighted by atomic mass is 10.3. The monoisotopic (exact) mass is 271 g/mol. The first-order chi connectivity index (χ1) is 7.99. The van der Waals surface area contributed by atoms with Crippen molar-refractivity contribution in [3.63, 3.8) is 0 Å². The van der Waals surface area contributed by atoms with Gasteiger partial charge in [-0.25, -0.2) is 13.1 Å². The van der Waals surface area contributed by atoms with Crippen LogP contribution in [0.25, 0.3) is 0 Å². The Morgan fingerprint density at radius 3 is 2.82 bits per heavy atom. The number of sulfonamides is 1. The highest BCUT2D eigenvalue weighted by molar-refractivity contribution is 7.91. The minimum Gasteiger partial charge on any atom is -0.275 e. The van der Waals surface area contributed by atoms with Crippen LogP contribution in [0.3, 0.4) is 0 Å². The third-order valence-electron chi connectivity index (χ3n) is 2.33. The standard InChI is InChI=1S/C10H13N3O2S2/c1-8-9(7-13(2)12-8)6-11-17(14,15)10-4-3-5-16-10/h3-5,7,11H,6H2,1-2H3. The van der Waals surface area contributed by atoms with Gasteiger partial charge in [-0.2, -0.15) is 5.10 Å². The van der Waals surface area contributed by atoms with E-state index >= 15 is 0 Å². The zero-order chi connectivity index (χ0) is 12.5. The van der Waals surface area contributed by atoms with E-state index in [1.165, 1.54) is 11.3 Å². The van der Waals surface area contributed by atoms with Gasteiger partial charge in [0.2, 0.25) is 10.0 Å². The molecule has 92 valence electrons. The molecule has 5 nitrogen and oxygen atoms in total. The van der Waals surface area contributed by atoms with E-state index in [-0.39, 0.29) is 6.54 Å². The molecule has 2 heterocycles. The molecule has 0 atom stereocenters. The van der Waals surface area contributed by atoms with Crippen LogP contribution in [0.4, 0.5) is 0 Å². The van der Waals surface area contributed by atoms with Gasteiger partial charge in [-0.3, -0.25) is 4.68 Å². The Morgan fingerprint density at radius 2 is 2.29 bits per heavy atom. The minimum absolute atomic E-state index is 0.264. The maximum atomic E-state index is 11.9. The molecule has 0 aliphatic heterocycles. The van der Waals surface area contributed by atoms with Crippen molar-refractivity contribution < 1.29 is 8.42 Å². The molecule has 2 rings (SSSR count). The molecule has 0 aliphatic carbocycles. The van der Waals surface area contributed by atoms with E-state index in [1.54, 1.807) is 22.2 Å². The number of rotatable bonds is 4. The Kier molecular flexibility index (Phi) is 3.32. The van der Waals surface area contributed by atoms with Crippen LogP contribution in [-0.4, -0.2) is 18.2 Å². The Balaban J connectivity index is 2.11. The highest BCUT2D eigenvalue weighted by atomic mass is 32.2. The molecule has 0 saturated heterocycles. The lowest BCUT2D eigenvalue weighted by molar-refractivity contribution is 0.583. The average molecular weight is 271 g/mol. The Labute approximate surface area is 104 Å². The molecule has 0 unspecified atom stereocenters. The van der Waals surface area contributed by atoms with Gasteiger partial charge in [-0.05, 0) is 18.4 Å². The molecule has 17 heavy (non-hydrogen) atoms. The first-order valence-electron chi connectivity index (χ1n) is 5.01. The fourth-order valence-electron chi connectivity index (χ4n) is 1.48. The largest absolute Gasteiger partial charge is 0.275 e. The SMILES string of the molecule is Cc1nn(C)cc1CNS(=O)(=O)c1cccs1. The molecular formula is C10H13N3O2S2. The van der Waals surface area contributed by atoms with Gasteiger partial charge in [0.25, 0.3) is 0 Å². The van der Waals surface area contributed by atoms with Crippen molar-refractivity contribution in [2.45, 2.75) is 17.7 Å². The van der Waals surface area contributed by atoms with Crippen LogP contribution in [0.2, 0.25) is 0 Å². The van der Waals surface area contributed by atoms with Gasteiger partial charge < -0.3 is 0 Å². The van der Waals surface area contributed by atoms with Gasteiger partial charge in [0.15, 0.2) is 0 Å². The van der Waals surface area contributed by atoms with E-state index < -0.39 is 10.0 Å². The van der Waals surface area contributed by atoms with Gasteiger partial charge in [0.05, 0.1) is 5.69 Å². The molecule has 0 fully saturated rings. The number of aryl methyl sites for hydroxylation is 2. The van der Waals surface area contributed by atoms with Crippen molar-refractivity contribution >= 4 is 21.4 Å². The van der Waals surface area contributed by atoms with Crippen molar-refractivity contribution in [1.82, 2.24) is 14.5 Å². The smallest absolute Gasteiger partial charge is 0.250 e. The maximum Gasteiger partial charge on any atom is 0.250 e. The summed E-state index contributed by atoms with van der Waals surface area (Å²) in [7, 11) is -1.58. The van der Waals surface area contributed by atoms with E-state index in [1.807, 2.05) is 20.2 Å². The van der Waals surface area contributed by atoms with Crippen LogP contribution >= 0.6 is 11.3 Å². The first kappa shape index (κ1) is 12.3. The van der Waals surface area contributed by atoms with E-state index in [9.17, 15) is 8.42 Å². The normalized spacial score (nSPS) is 11.9. The molecule has 0 saturated carbocycles. The molecule has 0 radical (unpaired) electrons. The number of aromatic nitrogens is 2. The van der Waals surface area contributed by atoms with Crippen LogP contribution in [0, 0.1) is 6.92 Å². The van der Waals surface area contributed by atoms with Gasteiger partial charge in [-0.1, -0.05) is 6.07 Å². The van der Waals surface area contributed by atoms with E-state index in [4.69, 9.17) is 0 Å². The second-order valence-electron chi connectivity index (χ2n) is 3.67. The second-order valence-corrected chi connectivity index (χ2v) is 6.61. The van der Waals surface area contributed by atoms with E-state index in [2.05, 4.69) is 9.82 Å². The van der Waals surface area contributed by atoms with Gasteiger partial charge in [-0.15, -0.1) is 11.3 Å². The fraction of sp³-hybridized carbons (Fsp3) is 0.300. The summed E-state index contributed by atoms with van der Waals surface area (Å²) in [6.07, 6.45) is 1.81. The third kappa shape index (κ3) is 2.74. The number of hydrogen-bond donors (Lipinski definition) is 1. The summed E-state index contributed by atoms with van der Waals surface area (Å²) < 4.78 is 28.3. The highest BCUT2D eigenvalue weighted by Gasteiger charge is 2.15. The van der Waals surface area contributed by atoms with Crippen molar-refractivity contribution in [2.75, 3.05) is 0 Å².